The van der Waals surface area contributed by atoms with Gasteiger partial charge in [-0.15, -0.1) is 0 Å². The number of aromatic nitrogens is 5. The van der Waals surface area contributed by atoms with E-state index in [4.69, 9.17) is 14.4 Å². The van der Waals surface area contributed by atoms with Gasteiger partial charge >= 0.3 is 7.44 Å². The van der Waals surface area contributed by atoms with Crippen molar-refractivity contribution in [3.8, 4) is 5.69 Å². The third kappa shape index (κ3) is 3.72. The minimum atomic E-state index is -3.84. The van der Waals surface area contributed by atoms with E-state index in [9.17, 15) is 0 Å². The number of hydrogen-bond donors (Lipinski definition) is 0. The highest BCUT2D eigenvalue weighted by Gasteiger charge is 2.46. The fraction of sp³-hybridized carbons (Fsp3) is 0. The van der Waals surface area contributed by atoms with Crippen LogP contribution in [-0.2, 0) is 4.57 Å². The topological polar surface area (TPSA) is 74.0 Å². The molecule has 8 nitrogen and oxygen atoms in total. The Bertz CT molecular complexity index is 3270. The molecule has 12 rings (SSSR count). The maximum Gasteiger partial charge on any atom is 0.307 e. The SMILES string of the molecule is O=P1(c2cccc3oc4ccccc4c23)n2c(nc3ccccc32)N(c2ccc3c(c2)c2ccccc2n3-c2ccccc2)c2nc3ccccc3n21. The number of para-hydroxylation sites is 7. The Hall–Kier alpha value is -6.89. The molecule has 11 aromatic rings. The highest BCUT2D eigenvalue weighted by molar-refractivity contribution is 7.70. The number of imidazole rings is 2. The van der Waals surface area contributed by atoms with Crippen LogP contribution >= 0.6 is 7.44 Å². The van der Waals surface area contributed by atoms with Crippen molar-refractivity contribution in [2.75, 3.05) is 4.90 Å². The fourth-order valence-electron chi connectivity index (χ4n) is 8.40. The summed E-state index contributed by atoms with van der Waals surface area (Å²) in [6, 6.07) is 55.1. The maximum absolute atomic E-state index is 16.9. The first-order chi connectivity index (χ1) is 26.2. The highest BCUT2D eigenvalue weighted by Crippen LogP contribution is 2.62. The average Bonchev–Trinajstić information content (AvgIpc) is 3.97. The van der Waals surface area contributed by atoms with Gasteiger partial charge in [-0.05, 0) is 78.9 Å². The molecule has 1 aliphatic rings. The molecule has 0 atom stereocenters. The highest BCUT2D eigenvalue weighted by atomic mass is 31.2. The van der Waals surface area contributed by atoms with E-state index in [0.717, 1.165) is 71.6 Å². The molecule has 0 radical (unpaired) electrons. The Balaban J connectivity index is 1.21. The molecule has 7 aromatic carbocycles. The van der Waals surface area contributed by atoms with Gasteiger partial charge in [-0.1, -0.05) is 84.9 Å². The quantitative estimate of drug-likeness (QED) is 0.171. The van der Waals surface area contributed by atoms with Crippen molar-refractivity contribution in [3.05, 3.63) is 164 Å². The molecule has 0 fully saturated rings. The number of furan rings is 1. The zero-order valence-corrected chi connectivity index (χ0v) is 28.9. The molecule has 0 saturated carbocycles. The van der Waals surface area contributed by atoms with Gasteiger partial charge < -0.3 is 8.98 Å². The predicted molar refractivity (Wildman–Crippen MR) is 214 cm³/mol. The van der Waals surface area contributed by atoms with Gasteiger partial charge in [0.05, 0.1) is 44.1 Å². The summed E-state index contributed by atoms with van der Waals surface area (Å²) in [5, 5.41) is 4.62. The van der Waals surface area contributed by atoms with E-state index in [1.807, 2.05) is 106 Å². The zero-order chi connectivity index (χ0) is 34.8. The van der Waals surface area contributed by atoms with E-state index in [0.29, 0.717) is 22.8 Å². The van der Waals surface area contributed by atoms with Crippen molar-refractivity contribution in [2.45, 2.75) is 0 Å². The first-order valence-electron chi connectivity index (χ1n) is 17.5. The number of rotatable bonds is 3. The van der Waals surface area contributed by atoms with Gasteiger partial charge in [0, 0.05) is 27.2 Å². The molecule has 1 aliphatic heterocycles. The molecule has 4 aromatic heterocycles. The lowest BCUT2D eigenvalue weighted by Gasteiger charge is -2.35. The van der Waals surface area contributed by atoms with Crippen molar-refractivity contribution < 1.29 is 8.98 Å². The van der Waals surface area contributed by atoms with Crippen molar-refractivity contribution in [2.24, 2.45) is 0 Å². The van der Waals surface area contributed by atoms with Crippen LogP contribution < -0.4 is 10.2 Å². The average molecular weight is 703 g/mol. The Morgan fingerprint density at radius 2 is 1.06 bits per heavy atom. The Morgan fingerprint density at radius 1 is 0.472 bits per heavy atom. The molecule has 250 valence electrons. The summed E-state index contributed by atoms with van der Waals surface area (Å²) in [6.45, 7) is 0. The number of anilines is 3. The summed E-state index contributed by atoms with van der Waals surface area (Å²) in [5.74, 6) is 1.07. The molecule has 0 amide bonds. The van der Waals surface area contributed by atoms with Crippen molar-refractivity contribution in [1.29, 1.82) is 0 Å². The fourth-order valence-corrected chi connectivity index (χ4v) is 11.5. The molecule has 0 unspecified atom stereocenters. The van der Waals surface area contributed by atoms with E-state index < -0.39 is 7.44 Å². The third-order valence-electron chi connectivity index (χ3n) is 10.6. The van der Waals surface area contributed by atoms with E-state index in [2.05, 4.69) is 76.2 Å². The summed E-state index contributed by atoms with van der Waals surface area (Å²) in [5.41, 5.74) is 8.61. The summed E-state index contributed by atoms with van der Waals surface area (Å²) in [6.07, 6.45) is 0. The van der Waals surface area contributed by atoms with Crippen LogP contribution in [0.25, 0.3) is 71.5 Å². The molecule has 5 heterocycles. The third-order valence-corrected chi connectivity index (χ3v) is 13.5. The Morgan fingerprint density at radius 3 is 1.79 bits per heavy atom. The van der Waals surface area contributed by atoms with Gasteiger partial charge in [0.15, 0.2) is 0 Å². The van der Waals surface area contributed by atoms with Crippen LogP contribution in [0.3, 0.4) is 0 Å². The van der Waals surface area contributed by atoms with Crippen LogP contribution in [-0.4, -0.2) is 23.2 Å². The van der Waals surface area contributed by atoms with E-state index in [1.165, 1.54) is 0 Å². The Kier molecular flexibility index (Phi) is 5.62. The number of nitrogens with zero attached hydrogens (tertiary/aromatic N) is 6. The van der Waals surface area contributed by atoms with Crippen LogP contribution in [0.5, 0.6) is 0 Å². The lowest BCUT2D eigenvalue weighted by atomic mass is 10.1. The molecular weight excluding hydrogens is 675 g/mol. The van der Waals surface area contributed by atoms with E-state index in [1.54, 1.807) is 0 Å². The van der Waals surface area contributed by atoms with Crippen LogP contribution in [0.15, 0.2) is 168 Å². The Labute approximate surface area is 301 Å². The van der Waals surface area contributed by atoms with Crippen LogP contribution in [0.2, 0.25) is 0 Å². The van der Waals surface area contributed by atoms with Gasteiger partial charge in [0.25, 0.3) is 0 Å². The lowest BCUT2D eigenvalue weighted by molar-refractivity contribution is 0.569. The normalized spacial score (nSPS) is 13.8. The van der Waals surface area contributed by atoms with Gasteiger partial charge in [0.1, 0.15) is 11.2 Å². The molecule has 0 N–H and O–H groups in total. The van der Waals surface area contributed by atoms with Crippen LogP contribution in [0.4, 0.5) is 17.6 Å². The monoisotopic (exact) mass is 702 g/mol. The second-order valence-electron chi connectivity index (χ2n) is 13.4. The summed E-state index contributed by atoms with van der Waals surface area (Å²) in [7, 11) is -3.84. The van der Waals surface area contributed by atoms with Crippen molar-refractivity contribution in [1.82, 2.24) is 23.2 Å². The molecule has 53 heavy (non-hydrogen) atoms. The molecule has 9 heteroatoms. The second-order valence-corrected chi connectivity index (χ2v) is 15.8. The molecule has 0 bridgehead atoms. The van der Waals surface area contributed by atoms with Crippen LogP contribution in [0.1, 0.15) is 0 Å². The van der Waals surface area contributed by atoms with Crippen molar-refractivity contribution in [3.63, 3.8) is 0 Å². The standard InChI is InChI=1S/C44H27N6O2P/c51-53(41-24-12-23-40-42(41)31-16-5-11-22-39(31)52-40)49-37-20-9-6-17-33(37)45-43(49)48(44-46-34-18-7-10-21-38(34)50(44)53)29-25-26-36-32(27-29)30-15-4-8-19-35(30)47(36)28-13-2-1-3-14-28/h1-27H. The summed E-state index contributed by atoms with van der Waals surface area (Å²) < 4.78 is 29.5. The second kappa shape index (κ2) is 10.3. The van der Waals surface area contributed by atoms with Crippen molar-refractivity contribution >= 4 is 96.1 Å². The van der Waals surface area contributed by atoms with Crippen LogP contribution in [0, 0.1) is 0 Å². The molecule has 0 spiro atoms. The summed E-state index contributed by atoms with van der Waals surface area (Å²) >= 11 is 0. The first-order valence-corrected chi connectivity index (χ1v) is 19.2. The van der Waals surface area contributed by atoms with Gasteiger partial charge in [-0.2, -0.15) is 0 Å². The van der Waals surface area contributed by atoms with Gasteiger partial charge in [-0.3, -0.25) is 4.57 Å². The van der Waals surface area contributed by atoms with Gasteiger partial charge in [-0.25, -0.2) is 23.5 Å². The first kappa shape index (κ1) is 28.8. The minimum absolute atomic E-state index is 0.535. The van der Waals surface area contributed by atoms with E-state index in [-0.39, 0.29) is 0 Å². The largest absolute Gasteiger partial charge is 0.456 e. The number of hydrogen-bond acceptors (Lipinski definition) is 5. The number of fused-ring (bicyclic) bond motifs is 12. The maximum atomic E-state index is 16.9. The zero-order valence-electron chi connectivity index (χ0n) is 28.0. The van der Waals surface area contributed by atoms with Gasteiger partial charge in [0.2, 0.25) is 11.9 Å². The number of benzene rings is 7. The molecule has 0 saturated heterocycles. The lowest BCUT2D eigenvalue weighted by Crippen LogP contribution is -2.30. The molecule has 0 aliphatic carbocycles. The summed E-state index contributed by atoms with van der Waals surface area (Å²) in [4.78, 5) is 12.6. The molecular formula is C44H27N6O2P. The predicted octanol–water partition coefficient (Wildman–Crippen LogP) is 11.1. The smallest absolute Gasteiger partial charge is 0.307 e. The van der Waals surface area contributed by atoms with E-state index >= 15 is 4.57 Å². The minimum Gasteiger partial charge on any atom is -0.456 e.